The first kappa shape index (κ1) is 10.1. The Labute approximate surface area is 89.7 Å². The summed E-state index contributed by atoms with van der Waals surface area (Å²) in [6.07, 6.45) is 5.25. The fraction of sp³-hybridized carbons (Fsp3) is 0.545. The Morgan fingerprint density at radius 3 is 2.67 bits per heavy atom. The minimum absolute atomic E-state index is 0.0684. The minimum Gasteiger partial charge on any atom is -0.397 e. The van der Waals surface area contributed by atoms with Gasteiger partial charge in [0.25, 0.3) is 5.91 Å². The van der Waals surface area contributed by atoms with E-state index in [1.165, 1.54) is 6.42 Å². The summed E-state index contributed by atoms with van der Waals surface area (Å²) in [6.45, 7) is 0. The van der Waals surface area contributed by atoms with Crippen molar-refractivity contribution in [1.82, 2.24) is 9.47 Å². The van der Waals surface area contributed by atoms with E-state index in [0.717, 1.165) is 12.8 Å². The summed E-state index contributed by atoms with van der Waals surface area (Å²) in [5.74, 6) is 0.0684. The summed E-state index contributed by atoms with van der Waals surface area (Å²) in [6, 6.07) is 2.16. The maximum absolute atomic E-state index is 12.1. The molecule has 82 valence electrons. The molecule has 2 N–H and O–H groups in total. The summed E-state index contributed by atoms with van der Waals surface area (Å²) in [5, 5.41) is 0. The Balaban J connectivity index is 2.15. The van der Waals surface area contributed by atoms with Crippen LogP contribution in [0, 0.1) is 0 Å². The second kappa shape index (κ2) is 3.61. The van der Waals surface area contributed by atoms with Crippen LogP contribution >= 0.6 is 0 Å². The van der Waals surface area contributed by atoms with E-state index in [1.54, 1.807) is 16.8 Å². The van der Waals surface area contributed by atoms with Gasteiger partial charge in [0.15, 0.2) is 0 Å². The highest BCUT2D eigenvalue weighted by Gasteiger charge is 2.27. The van der Waals surface area contributed by atoms with Crippen LogP contribution in [0.2, 0.25) is 0 Å². The predicted molar refractivity (Wildman–Crippen MR) is 59.6 cm³/mol. The van der Waals surface area contributed by atoms with Gasteiger partial charge in [0.1, 0.15) is 5.69 Å². The van der Waals surface area contributed by atoms with Crippen LogP contribution in [0.25, 0.3) is 0 Å². The number of hydrogen-bond donors (Lipinski definition) is 1. The van der Waals surface area contributed by atoms with Crippen LogP contribution in [0.3, 0.4) is 0 Å². The van der Waals surface area contributed by atoms with Crippen molar-refractivity contribution in [1.29, 1.82) is 0 Å². The number of carbonyl (C=O) groups excluding carboxylic acids is 1. The maximum atomic E-state index is 12.1. The molecule has 1 aromatic heterocycles. The molecule has 1 heterocycles. The van der Waals surface area contributed by atoms with Crippen LogP contribution in [0.4, 0.5) is 5.69 Å². The van der Waals surface area contributed by atoms with Crippen LogP contribution < -0.4 is 5.73 Å². The number of amides is 1. The van der Waals surface area contributed by atoms with Crippen molar-refractivity contribution in [3.63, 3.8) is 0 Å². The molecule has 1 saturated carbocycles. The van der Waals surface area contributed by atoms with Crippen LogP contribution in [-0.2, 0) is 7.05 Å². The topological polar surface area (TPSA) is 51.3 Å². The molecule has 2 rings (SSSR count). The summed E-state index contributed by atoms with van der Waals surface area (Å²) < 4.78 is 1.78. The lowest BCUT2D eigenvalue weighted by atomic mass is 9.92. The molecule has 0 bridgehead atoms. The van der Waals surface area contributed by atoms with Crippen molar-refractivity contribution in [2.45, 2.75) is 25.3 Å². The zero-order valence-corrected chi connectivity index (χ0v) is 9.23. The van der Waals surface area contributed by atoms with Crippen molar-refractivity contribution in [2.24, 2.45) is 7.05 Å². The highest BCUT2D eigenvalue weighted by Crippen LogP contribution is 2.25. The van der Waals surface area contributed by atoms with Crippen LogP contribution in [0.5, 0.6) is 0 Å². The largest absolute Gasteiger partial charge is 0.397 e. The number of nitrogens with zero attached hydrogens (tertiary/aromatic N) is 2. The van der Waals surface area contributed by atoms with E-state index in [1.807, 2.05) is 19.0 Å². The molecule has 0 saturated heterocycles. The number of aryl methyl sites for hydroxylation is 1. The molecule has 1 amide bonds. The zero-order valence-electron chi connectivity index (χ0n) is 9.23. The summed E-state index contributed by atoms with van der Waals surface area (Å²) >= 11 is 0. The monoisotopic (exact) mass is 207 g/mol. The van der Waals surface area contributed by atoms with Crippen LogP contribution in [-0.4, -0.2) is 28.5 Å². The molecule has 0 unspecified atom stereocenters. The van der Waals surface area contributed by atoms with Gasteiger partial charge in [0, 0.05) is 26.3 Å². The molecular weight excluding hydrogens is 190 g/mol. The third-order valence-electron chi connectivity index (χ3n) is 3.19. The molecule has 1 aromatic rings. The van der Waals surface area contributed by atoms with Gasteiger partial charge in [-0.05, 0) is 25.3 Å². The SMILES string of the molecule is CN(C(=O)c1cc(N)cn1C)C1CCC1. The van der Waals surface area contributed by atoms with Crippen molar-refractivity contribution in [3.8, 4) is 0 Å². The molecule has 0 aliphatic heterocycles. The van der Waals surface area contributed by atoms with E-state index < -0.39 is 0 Å². The fourth-order valence-corrected chi connectivity index (χ4v) is 1.92. The van der Waals surface area contributed by atoms with E-state index in [-0.39, 0.29) is 5.91 Å². The Morgan fingerprint density at radius 1 is 1.60 bits per heavy atom. The van der Waals surface area contributed by atoms with E-state index >= 15 is 0 Å². The number of hydrogen-bond acceptors (Lipinski definition) is 2. The average molecular weight is 207 g/mol. The highest BCUT2D eigenvalue weighted by atomic mass is 16.2. The van der Waals surface area contributed by atoms with Crippen molar-refractivity contribution >= 4 is 11.6 Å². The number of carbonyl (C=O) groups is 1. The lowest BCUT2D eigenvalue weighted by molar-refractivity contribution is 0.0642. The first-order chi connectivity index (χ1) is 7.09. The standard InChI is InChI=1S/C11H17N3O/c1-13-7-8(12)6-10(13)11(15)14(2)9-4-3-5-9/h6-7,9H,3-5,12H2,1-2H3. The quantitative estimate of drug-likeness (QED) is 0.793. The van der Waals surface area contributed by atoms with Gasteiger partial charge < -0.3 is 15.2 Å². The number of anilines is 1. The van der Waals surface area contributed by atoms with E-state index in [4.69, 9.17) is 5.73 Å². The second-order valence-corrected chi connectivity index (χ2v) is 4.27. The fourth-order valence-electron chi connectivity index (χ4n) is 1.92. The smallest absolute Gasteiger partial charge is 0.270 e. The normalized spacial score (nSPS) is 16.1. The minimum atomic E-state index is 0.0684. The summed E-state index contributed by atoms with van der Waals surface area (Å²) in [7, 11) is 3.72. The number of nitrogen functional groups attached to an aromatic ring is 1. The Kier molecular flexibility index (Phi) is 2.42. The van der Waals surface area contributed by atoms with Gasteiger partial charge in [0.05, 0.1) is 5.69 Å². The highest BCUT2D eigenvalue weighted by molar-refractivity contribution is 5.93. The Hall–Kier alpha value is -1.45. The molecule has 1 aliphatic rings. The van der Waals surface area contributed by atoms with Crippen molar-refractivity contribution in [3.05, 3.63) is 18.0 Å². The molecule has 4 heteroatoms. The Bertz CT molecular complexity index is 379. The van der Waals surface area contributed by atoms with Crippen LogP contribution in [0.1, 0.15) is 29.8 Å². The van der Waals surface area contributed by atoms with Gasteiger partial charge in [0.2, 0.25) is 0 Å². The van der Waals surface area contributed by atoms with E-state index in [9.17, 15) is 4.79 Å². The van der Waals surface area contributed by atoms with Crippen LogP contribution in [0.15, 0.2) is 12.3 Å². The second-order valence-electron chi connectivity index (χ2n) is 4.27. The zero-order chi connectivity index (χ0) is 11.0. The lowest BCUT2D eigenvalue weighted by Crippen LogP contribution is -2.41. The first-order valence-electron chi connectivity index (χ1n) is 5.28. The first-order valence-corrected chi connectivity index (χ1v) is 5.28. The number of rotatable bonds is 2. The summed E-state index contributed by atoms with van der Waals surface area (Å²) in [4.78, 5) is 13.9. The van der Waals surface area contributed by atoms with Gasteiger partial charge >= 0.3 is 0 Å². The molecule has 1 fully saturated rings. The molecule has 0 atom stereocenters. The summed E-state index contributed by atoms with van der Waals surface area (Å²) in [5.41, 5.74) is 6.96. The third kappa shape index (κ3) is 1.71. The van der Waals surface area contributed by atoms with Gasteiger partial charge in [-0.25, -0.2) is 0 Å². The maximum Gasteiger partial charge on any atom is 0.270 e. The molecule has 1 aliphatic carbocycles. The Morgan fingerprint density at radius 2 is 2.27 bits per heavy atom. The average Bonchev–Trinajstić information content (AvgIpc) is 2.41. The predicted octanol–water partition coefficient (Wildman–Crippen LogP) is 1.23. The van der Waals surface area contributed by atoms with E-state index in [0.29, 0.717) is 17.4 Å². The third-order valence-corrected chi connectivity index (χ3v) is 3.19. The number of nitrogens with two attached hydrogens (primary N) is 1. The molecular formula is C11H17N3O. The number of aromatic nitrogens is 1. The van der Waals surface area contributed by atoms with Gasteiger partial charge in [-0.3, -0.25) is 4.79 Å². The van der Waals surface area contributed by atoms with Crippen molar-refractivity contribution in [2.75, 3.05) is 12.8 Å². The molecule has 0 radical (unpaired) electrons. The molecule has 0 spiro atoms. The van der Waals surface area contributed by atoms with Gasteiger partial charge in [-0.1, -0.05) is 0 Å². The molecule has 15 heavy (non-hydrogen) atoms. The van der Waals surface area contributed by atoms with Gasteiger partial charge in [-0.15, -0.1) is 0 Å². The lowest BCUT2D eigenvalue weighted by Gasteiger charge is -2.34. The molecule has 0 aromatic carbocycles. The van der Waals surface area contributed by atoms with Crippen molar-refractivity contribution < 1.29 is 4.79 Å². The van der Waals surface area contributed by atoms with Gasteiger partial charge in [-0.2, -0.15) is 0 Å². The molecule has 4 nitrogen and oxygen atoms in total. The van der Waals surface area contributed by atoms with E-state index in [2.05, 4.69) is 0 Å².